The zero-order valence-corrected chi connectivity index (χ0v) is 9.43. The molecule has 0 saturated carbocycles. The molecular weight excluding hydrogens is 223 g/mol. The van der Waals surface area contributed by atoms with Gasteiger partial charge in [-0.1, -0.05) is 5.21 Å². The van der Waals surface area contributed by atoms with Crippen molar-refractivity contribution in [2.75, 3.05) is 6.61 Å². The molecule has 0 fully saturated rings. The Labute approximate surface area is 98.0 Å². The first-order valence-electron chi connectivity index (χ1n) is 5.28. The van der Waals surface area contributed by atoms with Crippen LogP contribution in [0.3, 0.4) is 0 Å². The summed E-state index contributed by atoms with van der Waals surface area (Å²) in [5, 5.41) is 7.50. The van der Waals surface area contributed by atoms with E-state index in [2.05, 4.69) is 10.3 Å². The number of nitrogens with two attached hydrogens (primary N) is 1. The van der Waals surface area contributed by atoms with Crippen LogP contribution in [0.5, 0.6) is 5.75 Å². The van der Waals surface area contributed by atoms with E-state index >= 15 is 0 Å². The van der Waals surface area contributed by atoms with Crippen LogP contribution in [0.1, 0.15) is 12.5 Å². The van der Waals surface area contributed by atoms with E-state index in [0.717, 1.165) is 0 Å². The maximum Gasteiger partial charge on any atom is 0.171 e. The summed E-state index contributed by atoms with van der Waals surface area (Å²) in [6, 6.07) is 3.28. The summed E-state index contributed by atoms with van der Waals surface area (Å²) in [6.07, 6.45) is 3.16. The van der Waals surface area contributed by atoms with Gasteiger partial charge in [0.05, 0.1) is 24.7 Å². The van der Waals surface area contributed by atoms with Crippen LogP contribution in [-0.4, -0.2) is 21.6 Å². The minimum Gasteiger partial charge on any atom is -0.491 e. The Morgan fingerprint density at radius 1 is 1.47 bits per heavy atom. The van der Waals surface area contributed by atoms with Gasteiger partial charge in [0.2, 0.25) is 0 Å². The van der Waals surface area contributed by atoms with Crippen LogP contribution in [0.4, 0.5) is 4.39 Å². The molecule has 0 atom stereocenters. The summed E-state index contributed by atoms with van der Waals surface area (Å²) >= 11 is 0. The summed E-state index contributed by atoms with van der Waals surface area (Å²) < 4.78 is 20.7. The van der Waals surface area contributed by atoms with Gasteiger partial charge >= 0.3 is 0 Å². The van der Waals surface area contributed by atoms with Gasteiger partial charge in [-0.3, -0.25) is 0 Å². The molecule has 0 unspecified atom stereocenters. The lowest BCUT2D eigenvalue weighted by molar-refractivity contribution is 0.320. The third-order valence-electron chi connectivity index (χ3n) is 2.36. The van der Waals surface area contributed by atoms with Crippen molar-refractivity contribution in [3.8, 4) is 11.4 Å². The monoisotopic (exact) mass is 236 g/mol. The molecule has 6 heteroatoms. The standard InChI is InChI=1S/C11H13FN4O/c1-2-17-10-4-3-9(8(7-13)11(10)12)16-6-5-14-15-16/h3-6H,2,7,13H2,1H3. The molecule has 0 saturated heterocycles. The average molecular weight is 236 g/mol. The lowest BCUT2D eigenvalue weighted by Gasteiger charge is -2.12. The molecule has 1 aromatic carbocycles. The van der Waals surface area contributed by atoms with Crippen molar-refractivity contribution < 1.29 is 9.13 Å². The van der Waals surface area contributed by atoms with Crippen molar-refractivity contribution in [2.45, 2.75) is 13.5 Å². The third-order valence-corrected chi connectivity index (χ3v) is 2.36. The van der Waals surface area contributed by atoms with Crippen LogP contribution in [0.15, 0.2) is 24.5 Å². The molecule has 90 valence electrons. The summed E-state index contributed by atoms with van der Waals surface area (Å²) in [7, 11) is 0. The summed E-state index contributed by atoms with van der Waals surface area (Å²) in [6.45, 7) is 2.28. The number of rotatable bonds is 4. The maximum atomic E-state index is 14.0. The van der Waals surface area contributed by atoms with Crippen LogP contribution >= 0.6 is 0 Å². The van der Waals surface area contributed by atoms with Crippen molar-refractivity contribution in [3.05, 3.63) is 35.9 Å². The Hall–Kier alpha value is -1.95. The second-order valence-electron chi connectivity index (χ2n) is 3.36. The van der Waals surface area contributed by atoms with E-state index < -0.39 is 5.82 Å². The lowest BCUT2D eigenvalue weighted by Crippen LogP contribution is -2.09. The Morgan fingerprint density at radius 2 is 2.29 bits per heavy atom. The molecule has 5 nitrogen and oxygen atoms in total. The van der Waals surface area contributed by atoms with Gasteiger partial charge in [-0.25, -0.2) is 9.07 Å². The van der Waals surface area contributed by atoms with Crippen molar-refractivity contribution in [3.63, 3.8) is 0 Å². The van der Waals surface area contributed by atoms with E-state index in [-0.39, 0.29) is 12.3 Å². The molecule has 0 bridgehead atoms. The van der Waals surface area contributed by atoms with Gasteiger partial charge in [0.25, 0.3) is 0 Å². The average Bonchev–Trinajstić information content (AvgIpc) is 2.85. The van der Waals surface area contributed by atoms with E-state index in [0.29, 0.717) is 17.9 Å². The Morgan fingerprint density at radius 3 is 2.88 bits per heavy atom. The van der Waals surface area contributed by atoms with Gasteiger partial charge in [-0.15, -0.1) is 5.10 Å². The van der Waals surface area contributed by atoms with Crippen LogP contribution < -0.4 is 10.5 Å². The Kier molecular flexibility index (Phi) is 3.34. The van der Waals surface area contributed by atoms with Crippen LogP contribution in [0.25, 0.3) is 5.69 Å². The first kappa shape index (κ1) is 11.5. The van der Waals surface area contributed by atoms with E-state index in [1.54, 1.807) is 25.3 Å². The van der Waals surface area contributed by atoms with Crippen LogP contribution in [-0.2, 0) is 6.54 Å². The van der Waals surface area contributed by atoms with E-state index in [1.165, 1.54) is 10.9 Å². The molecule has 2 aromatic rings. The number of nitrogens with zero attached hydrogens (tertiary/aromatic N) is 3. The predicted octanol–water partition coefficient (Wildman–Crippen LogP) is 1.26. The molecule has 1 heterocycles. The first-order valence-corrected chi connectivity index (χ1v) is 5.28. The molecule has 0 aliphatic carbocycles. The number of aromatic nitrogens is 3. The number of hydrogen-bond acceptors (Lipinski definition) is 4. The summed E-state index contributed by atoms with van der Waals surface area (Å²) in [4.78, 5) is 0. The molecule has 0 radical (unpaired) electrons. The fourth-order valence-corrected chi connectivity index (χ4v) is 1.60. The zero-order chi connectivity index (χ0) is 12.3. The predicted molar refractivity (Wildman–Crippen MR) is 60.4 cm³/mol. The number of benzene rings is 1. The molecule has 0 aliphatic rings. The smallest absolute Gasteiger partial charge is 0.171 e. The molecular formula is C11H13FN4O. The fraction of sp³-hybridized carbons (Fsp3) is 0.273. The quantitative estimate of drug-likeness (QED) is 0.868. The molecule has 0 aliphatic heterocycles. The number of halogens is 1. The molecule has 2 rings (SSSR count). The number of hydrogen-bond donors (Lipinski definition) is 1. The molecule has 2 N–H and O–H groups in total. The molecule has 0 spiro atoms. The Bertz CT molecular complexity index is 498. The van der Waals surface area contributed by atoms with E-state index in [1.807, 2.05) is 0 Å². The van der Waals surface area contributed by atoms with Gasteiger partial charge in [-0.05, 0) is 19.1 Å². The highest BCUT2D eigenvalue weighted by atomic mass is 19.1. The highest BCUT2D eigenvalue weighted by Gasteiger charge is 2.14. The van der Waals surface area contributed by atoms with Crippen molar-refractivity contribution >= 4 is 0 Å². The largest absolute Gasteiger partial charge is 0.491 e. The molecule has 0 amide bonds. The maximum absolute atomic E-state index is 14.0. The third kappa shape index (κ3) is 2.12. The SMILES string of the molecule is CCOc1ccc(-n2ccnn2)c(CN)c1F. The topological polar surface area (TPSA) is 66.0 Å². The second kappa shape index (κ2) is 4.92. The van der Waals surface area contributed by atoms with Gasteiger partial charge < -0.3 is 10.5 Å². The van der Waals surface area contributed by atoms with E-state index in [9.17, 15) is 4.39 Å². The summed E-state index contributed by atoms with van der Waals surface area (Å²) in [5.74, 6) is -0.237. The normalized spacial score (nSPS) is 10.5. The zero-order valence-electron chi connectivity index (χ0n) is 9.43. The van der Waals surface area contributed by atoms with Gasteiger partial charge in [0.1, 0.15) is 0 Å². The minimum atomic E-state index is -0.442. The van der Waals surface area contributed by atoms with Gasteiger partial charge in [0, 0.05) is 12.1 Å². The van der Waals surface area contributed by atoms with Crippen LogP contribution in [0, 0.1) is 5.82 Å². The van der Waals surface area contributed by atoms with Crippen LogP contribution in [0.2, 0.25) is 0 Å². The second-order valence-corrected chi connectivity index (χ2v) is 3.36. The van der Waals surface area contributed by atoms with Crippen molar-refractivity contribution in [2.24, 2.45) is 5.73 Å². The summed E-state index contributed by atoms with van der Waals surface area (Å²) in [5.41, 5.74) is 6.50. The van der Waals surface area contributed by atoms with Gasteiger partial charge in [0.15, 0.2) is 11.6 Å². The number of ether oxygens (including phenoxy) is 1. The highest BCUT2D eigenvalue weighted by Crippen LogP contribution is 2.25. The van der Waals surface area contributed by atoms with Crippen molar-refractivity contribution in [1.29, 1.82) is 0 Å². The van der Waals surface area contributed by atoms with E-state index in [4.69, 9.17) is 10.5 Å². The molecule has 17 heavy (non-hydrogen) atoms. The Balaban J connectivity index is 2.51. The minimum absolute atomic E-state index is 0.0714. The highest BCUT2D eigenvalue weighted by molar-refractivity contribution is 5.46. The first-order chi connectivity index (χ1) is 8.27. The van der Waals surface area contributed by atoms with Crippen molar-refractivity contribution in [1.82, 2.24) is 15.0 Å². The van der Waals surface area contributed by atoms with Gasteiger partial charge in [-0.2, -0.15) is 0 Å². The fourth-order valence-electron chi connectivity index (χ4n) is 1.60. The lowest BCUT2D eigenvalue weighted by atomic mass is 10.1. The molecule has 1 aromatic heterocycles.